The lowest BCUT2D eigenvalue weighted by atomic mass is 10.1. The molecule has 1 aromatic heterocycles. The summed E-state index contributed by atoms with van der Waals surface area (Å²) in [5.41, 5.74) is 2.34. The molecule has 0 aliphatic rings. The number of carbonyl (C=O) groups is 2. The second kappa shape index (κ2) is 8.68. The minimum Gasteiger partial charge on any atom is -0.324 e. The van der Waals surface area contributed by atoms with Crippen LogP contribution >= 0.6 is 0 Å². The zero-order valence-electron chi connectivity index (χ0n) is 16.8. The van der Waals surface area contributed by atoms with Gasteiger partial charge in [0, 0.05) is 19.2 Å². The normalized spacial score (nSPS) is 10.7. The molecule has 150 valence electrons. The van der Waals surface area contributed by atoms with Gasteiger partial charge in [-0.25, -0.2) is 4.98 Å². The number of benzene rings is 2. The van der Waals surface area contributed by atoms with Gasteiger partial charge in [0.15, 0.2) is 0 Å². The second-order valence-electron chi connectivity index (χ2n) is 6.68. The van der Waals surface area contributed by atoms with Crippen LogP contribution in [0.5, 0.6) is 0 Å². The van der Waals surface area contributed by atoms with Crippen molar-refractivity contribution in [2.24, 2.45) is 0 Å². The van der Waals surface area contributed by atoms with E-state index in [9.17, 15) is 14.4 Å². The van der Waals surface area contributed by atoms with E-state index < -0.39 is 5.56 Å². The third kappa shape index (κ3) is 4.18. The van der Waals surface area contributed by atoms with E-state index in [1.807, 2.05) is 31.2 Å². The summed E-state index contributed by atoms with van der Waals surface area (Å²) in [4.78, 5) is 43.5. The first-order valence-corrected chi connectivity index (χ1v) is 9.60. The molecule has 1 heterocycles. The van der Waals surface area contributed by atoms with Gasteiger partial charge >= 0.3 is 0 Å². The van der Waals surface area contributed by atoms with E-state index in [1.165, 1.54) is 16.5 Å². The van der Waals surface area contributed by atoms with Crippen molar-refractivity contribution < 1.29 is 9.59 Å². The van der Waals surface area contributed by atoms with Crippen LogP contribution in [0.25, 0.3) is 11.0 Å². The van der Waals surface area contributed by atoms with Crippen LogP contribution in [0, 0.1) is 0 Å². The lowest BCUT2D eigenvalue weighted by molar-refractivity contribution is -0.118. The van der Waals surface area contributed by atoms with Crippen molar-refractivity contribution in [3.05, 3.63) is 64.4 Å². The van der Waals surface area contributed by atoms with Crippen molar-refractivity contribution in [3.63, 3.8) is 0 Å². The molecule has 7 heteroatoms. The summed E-state index contributed by atoms with van der Waals surface area (Å²) in [6.45, 7) is 3.55. The van der Waals surface area contributed by atoms with Crippen LogP contribution in [0.1, 0.15) is 25.8 Å². The van der Waals surface area contributed by atoms with E-state index in [0.717, 1.165) is 17.7 Å². The highest BCUT2D eigenvalue weighted by atomic mass is 16.2. The average molecular weight is 392 g/mol. The summed E-state index contributed by atoms with van der Waals surface area (Å²) in [5, 5.41) is 2.88. The minimum atomic E-state index is -0.480. The second-order valence-corrected chi connectivity index (χ2v) is 6.68. The van der Waals surface area contributed by atoms with Crippen molar-refractivity contribution in [2.45, 2.75) is 33.2 Å². The molecule has 0 aliphatic heterocycles. The van der Waals surface area contributed by atoms with Gasteiger partial charge in [-0.2, -0.15) is 0 Å². The zero-order valence-corrected chi connectivity index (χ0v) is 16.8. The van der Waals surface area contributed by atoms with Gasteiger partial charge in [0.25, 0.3) is 5.56 Å². The summed E-state index contributed by atoms with van der Waals surface area (Å²) in [6, 6.07) is 14.6. The smallest absolute Gasteiger partial charge is 0.294 e. The third-order valence-corrected chi connectivity index (χ3v) is 4.80. The van der Waals surface area contributed by atoms with Gasteiger partial charge in [0.2, 0.25) is 17.6 Å². The maximum Gasteiger partial charge on any atom is 0.294 e. The largest absolute Gasteiger partial charge is 0.324 e. The summed E-state index contributed by atoms with van der Waals surface area (Å²) in [7, 11) is 1.52. The highest BCUT2D eigenvalue weighted by molar-refractivity contribution is 5.94. The Labute approximate surface area is 169 Å². The lowest BCUT2D eigenvalue weighted by Crippen LogP contribution is -2.36. The molecule has 29 heavy (non-hydrogen) atoms. The first kappa shape index (κ1) is 20.3. The molecule has 0 saturated heterocycles. The Hall–Kier alpha value is -3.48. The Kier molecular flexibility index (Phi) is 6.07. The Balaban J connectivity index is 2.01. The number of amides is 2. The maximum atomic E-state index is 13.1. The van der Waals surface area contributed by atoms with Gasteiger partial charge in [-0.1, -0.05) is 44.2 Å². The molecule has 0 radical (unpaired) electrons. The Morgan fingerprint density at radius 3 is 2.48 bits per heavy atom. The molecule has 0 saturated carbocycles. The van der Waals surface area contributed by atoms with Crippen LogP contribution in [0.2, 0.25) is 0 Å². The summed E-state index contributed by atoms with van der Waals surface area (Å²) in [6.07, 6.45) is 1.03. The molecule has 3 aromatic rings. The molecule has 0 unspecified atom stereocenters. The first-order valence-electron chi connectivity index (χ1n) is 9.60. The molecular weight excluding hydrogens is 368 g/mol. The number of fused-ring (bicyclic) bond motifs is 1. The van der Waals surface area contributed by atoms with Gasteiger partial charge in [-0.05, 0) is 30.2 Å². The SMILES string of the molecule is CCC(=O)N(C)c1nc2ccccc2n(CC(=O)Nc2ccccc2CC)c1=O. The van der Waals surface area contributed by atoms with Crippen LogP contribution in [0.3, 0.4) is 0 Å². The number of para-hydroxylation sites is 3. The van der Waals surface area contributed by atoms with Crippen molar-refractivity contribution in [2.75, 3.05) is 17.3 Å². The molecule has 2 aromatic carbocycles. The van der Waals surface area contributed by atoms with E-state index in [1.54, 1.807) is 31.2 Å². The van der Waals surface area contributed by atoms with E-state index in [-0.39, 0.29) is 30.6 Å². The predicted octanol–water partition coefficient (Wildman–Crippen LogP) is 2.97. The molecule has 1 N–H and O–H groups in total. The molecule has 7 nitrogen and oxygen atoms in total. The number of rotatable bonds is 6. The molecule has 0 bridgehead atoms. The number of hydrogen-bond donors (Lipinski definition) is 1. The van der Waals surface area contributed by atoms with Crippen LogP contribution in [-0.2, 0) is 22.6 Å². The fourth-order valence-electron chi connectivity index (χ4n) is 3.19. The van der Waals surface area contributed by atoms with Gasteiger partial charge in [-0.15, -0.1) is 0 Å². The Morgan fingerprint density at radius 1 is 1.07 bits per heavy atom. The fraction of sp³-hybridized carbons (Fsp3) is 0.273. The predicted molar refractivity (Wildman–Crippen MR) is 114 cm³/mol. The Morgan fingerprint density at radius 2 is 1.76 bits per heavy atom. The standard InChI is InChI=1S/C22H24N4O3/c1-4-15-10-6-7-11-16(15)23-19(27)14-26-18-13-9-8-12-17(18)24-21(22(26)29)25(3)20(28)5-2/h6-13H,4-5,14H2,1-3H3,(H,23,27). The number of carbonyl (C=O) groups excluding carboxylic acids is 2. The van der Waals surface area contributed by atoms with E-state index in [0.29, 0.717) is 11.0 Å². The fourth-order valence-corrected chi connectivity index (χ4v) is 3.19. The quantitative estimate of drug-likeness (QED) is 0.699. The van der Waals surface area contributed by atoms with E-state index in [2.05, 4.69) is 10.3 Å². The topological polar surface area (TPSA) is 84.3 Å². The lowest BCUT2D eigenvalue weighted by Gasteiger charge is -2.18. The van der Waals surface area contributed by atoms with Crippen molar-refractivity contribution in [1.29, 1.82) is 0 Å². The van der Waals surface area contributed by atoms with Crippen molar-refractivity contribution in [1.82, 2.24) is 9.55 Å². The number of anilines is 2. The van der Waals surface area contributed by atoms with E-state index in [4.69, 9.17) is 0 Å². The van der Waals surface area contributed by atoms with Crippen LogP contribution in [0.4, 0.5) is 11.5 Å². The maximum absolute atomic E-state index is 13.1. The molecule has 0 aliphatic carbocycles. The van der Waals surface area contributed by atoms with Gasteiger partial charge in [0.05, 0.1) is 11.0 Å². The number of aromatic nitrogens is 2. The monoisotopic (exact) mass is 392 g/mol. The molecule has 0 spiro atoms. The van der Waals surface area contributed by atoms with Crippen LogP contribution in [-0.4, -0.2) is 28.4 Å². The summed E-state index contributed by atoms with van der Waals surface area (Å²) < 4.78 is 1.36. The first-order chi connectivity index (χ1) is 14.0. The number of hydrogen-bond acceptors (Lipinski definition) is 4. The molecule has 0 fully saturated rings. The van der Waals surface area contributed by atoms with Gasteiger partial charge in [-0.3, -0.25) is 23.9 Å². The van der Waals surface area contributed by atoms with Gasteiger partial charge in [0.1, 0.15) is 6.54 Å². The minimum absolute atomic E-state index is 0.0114. The summed E-state index contributed by atoms with van der Waals surface area (Å²) >= 11 is 0. The molecule has 2 amide bonds. The average Bonchev–Trinajstić information content (AvgIpc) is 2.74. The molecule has 3 rings (SSSR count). The number of nitrogens with one attached hydrogen (secondary N) is 1. The van der Waals surface area contributed by atoms with Crippen molar-refractivity contribution >= 4 is 34.4 Å². The zero-order chi connectivity index (χ0) is 21.0. The van der Waals surface area contributed by atoms with Crippen LogP contribution < -0.4 is 15.8 Å². The summed E-state index contributed by atoms with van der Waals surface area (Å²) in [5.74, 6) is -0.533. The highest BCUT2D eigenvalue weighted by Gasteiger charge is 2.19. The van der Waals surface area contributed by atoms with Gasteiger partial charge < -0.3 is 5.32 Å². The Bertz CT molecular complexity index is 1120. The third-order valence-electron chi connectivity index (χ3n) is 4.80. The molecular formula is C22H24N4O3. The van der Waals surface area contributed by atoms with E-state index >= 15 is 0 Å². The number of aryl methyl sites for hydroxylation is 1. The molecule has 0 atom stereocenters. The van der Waals surface area contributed by atoms with Crippen LogP contribution in [0.15, 0.2) is 53.3 Å². The number of nitrogens with zero attached hydrogens (tertiary/aromatic N) is 3. The highest BCUT2D eigenvalue weighted by Crippen LogP contribution is 2.17. The van der Waals surface area contributed by atoms with Crippen molar-refractivity contribution in [3.8, 4) is 0 Å².